The highest BCUT2D eigenvalue weighted by molar-refractivity contribution is 5.12. The summed E-state index contributed by atoms with van der Waals surface area (Å²) in [5.41, 5.74) is 1.69. The number of nitrogens with zero attached hydrogens (tertiary/aromatic N) is 5. The van der Waals surface area contributed by atoms with Crippen LogP contribution < -0.4 is 5.43 Å². The number of aromatic nitrogens is 4. The van der Waals surface area contributed by atoms with Gasteiger partial charge in [-0.3, -0.25) is 0 Å². The van der Waals surface area contributed by atoms with Crippen molar-refractivity contribution in [3.8, 4) is 0 Å². The quantitative estimate of drug-likeness (QED) is 0.371. The van der Waals surface area contributed by atoms with Gasteiger partial charge in [-0.25, -0.2) is 10.1 Å². The molecule has 0 amide bonds. The zero-order valence-electron chi connectivity index (χ0n) is 5.82. The van der Waals surface area contributed by atoms with E-state index in [1.165, 1.54) is 0 Å². The molecule has 0 aromatic carbocycles. The molecule has 0 spiro atoms. The molecule has 1 aromatic rings. The fraction of sp³-hybridized carbons (Fsp3) is 0. The molecule has 0 aliphatic rings. The van der Waals surface area contributed by atoms with Gasteiger partial charge in [-0.1, -0.05) is 10.5 Å². The summed E-state index contributed by atoms with van der Waals surface area (Å²) in [7, 11) is 0. The molecule has 0 radical (unpaired) electrons. The van der Waals surface area contributed by atoms with E-state index in [1.807, 2.05) is 0 Å². The Labute approximate surface area is 68.8 Å². The van der Waals surface area contributed by atoms with E-state index >= 15 is 0 Å². The lowest BCUT2D eigenvalue weighted by Crippen LogP contribution is -2.08. The van der Waals surface area contributed by atoms with Gasteiger partial charge in [0.2, 0.25) is 0 Å². The van der Waals surface area contributed by atoms with Gasteiger partial charge in [0.05, 0.1) is 0 Å². The molecule has 72 valence electrons. The molecule has 3 N–H and O–H groups in total. The number of rotatable bonds is 2. The molecule has 12 heteroatoms. The Bertz CT molecular complexity index is 262. The van der Waals surface area contributed by atoms with Crippen LogP contribution in [-0.4, -0.2) is 36.0 Å². The number of anilines is 1. The van der Waals surface area contributed by atoms with Crippen molar-refractivity contribution >= 4 is 5.95 Å². The van der Waals surface area contributed by atoms with Crippen molar-refractivity contribution in [2.45, 2.75) is 0 Å². The smallest absolute Gasteiger partial charge is 0.323 e. The number of hydrazine groups is 1. The molecule has 1 aromatic heterocycles. The summed E-state index contributed by atoms with van der Waals surface area (Å²) in [6.45, 7) is 0. The van der Waals surface area contributed by atoms with Crippen molar-refractivity contribution in [2.75, 3.05) is 5.43 Å². The van der Waals surface area contributed by atoms with Gasteiger partial charge in [-0.05, 0) is 5.21 Å². The lowest BCUT2D eigenvalue weighted by atomic mass is 11.1. The number of H-pyrrole nitrogens is 1. The van der Waals surface area contributed by atoms with Gasteiger partial charge in [0.15, 0.2) is 5.03 Å². The Morgan fingerprint density at radius 2 is 2.00 bits per heavy atom. The number of aromatic amines is 1. The van der Waals surface area contributed by atoms with E-state index in [0.29, 0.717) is 0 Å². The molecule has 0 bridgehead atoms. The number of nitrogens with one attached hydrogen (secondary N) is 2. The number of hydrogen-bond acceptors (Lipinski definition) is 7. The molecule has 0 unspecified atom stereocenters. The first-order valence-electron chi connectivity index (χ1n) is 2.50. The monoisotopic (exact) mass is 193 g/mol. The Morgan fingerprint density at radius 1 is 1.46 bits per heavy atom. The van der Waals surface area contributed by atoms with Crippen LogP contribution in [0.5, 0.6) is 0 Å². The summed E-state index contributed by atoms with van der Waals surface area (Å²) in [5.74, 6) is -0.153. The van der Waals surface area contributed by atoms with Gasteiger partial charge < -0.3 is 5.21 Å². The normalized spacial score (nSPS) is 8.00. The third-order valence-corrected chi connectivity index (χ3v) is 0.537. The van der Waals surface area contributed by atoms with Gasteiger partial charge in [0.25, 0.3) is 5.09 Å². The van der Waals surface area contributed by atoms with Crippen LogP contribution in [0, 0.1) is 20.2 Å². The highest BCUT2D eigenvalue weighted by atomic mass is 16.9. The maximum absolute atomic E-state index is 9.64. The average molecular weight is 193 g/mol. The van der Waals surface area contributed by atoms with Crippen molar-refractivity contribution in [3.05, 3.63) is 20.2 Å². The summed E-state index contributed by atoms with van der Waals surface area (Å²) >= 11 is 0. The fourth-order valence-corrected chi connectivity index (χ4v) is 0.291. The molecular weight excluding hydrogens is 190 g/mol. The summed E-state index contributed by atoms with van der Waals surface area (Å²) < 4.78 is 0. The molecule has 1 heterocycles. The minimum Gasteiger partial charge on any atom is -0.328 e. The molecule has 0 saturated heterocycles. The van der Waals surface area contributed by atoms with E-state index in [2.05, 4.69) is 20.6 Å². The first kappa shape index (κ1) is 10.5. The molecule has 0 aliphatic carbocycles. The van der Waals surface area contributed by atoms with Crippen LogP contribution in [0.25, 0.3) is 0 Å². The lowest BCUT2D eigenvalue weighted by Gasteiger charge is -1.83. The second-order valence-electron chi connectivity index (χ2n) is 1.34. The lowest BCUT2D eigenvalue weighted by molar-refractivity contribution is -0.742. The standard InChI is InChI=1S/CH2N6O2.HNO3/c8-7(9)4-1-2-5-6-3-1;2-1(3)4/h(H2,2,3,4,5,6);(H,2,3,4). The van der Waals surface area contributed by atoms with E-state index < -0.39 is 10.1 Å². The molecular formula is CH3N7O5. The molecule has 0 atom stereocenters. The van der Waals surface area contributed by atoms with Crippen molar-refractivity contribution in [2.24, 2.45) is 0 Å². The summed E-state index contributed by atoms with van der Waals surface area (Å²) in [5, 5.41) is 34.1. The van der Waals surface area contributed by atoms with Crippen LogP contribution in [-0.2, 0) is 0 Å². The van der Waals surface area contributed by atoms with E-state index in [0.717, 1.165) is 0 Å². The van der Waals surface area contributed by atoms with E-state index in [4.69, 9.17) is 15.3 Å². The molecule has 1 rings (SSSR count). The van der Waals surface area contributed by atoms with Crippen LogP contribution in [0.4, 0.5) is 5.95 Å². The molecule has 0 aliphatic heterocycles. The highest BCUT2D eigenvalue weighted by Gasteiger charge is 2.00. The van der Waals surface area contributed by atoms with Crippen LogP contribution >= 0.6 is 0 Å². The van der Waals surface area contributed by atoms with Crippen LogP contribution in [0.2, 0.25) is 0 Å². The Kier molecular flexibility index (Phi) is 4.16. The summed E-state index contributed by atoms with van der Waals surface area (Å²) in [4.78, 5) is 18.0. The van der Waals surface area contributed by atoms with Crippen LogP contribution in [0.1, 0.15) is 0 Å². The van der Waals surface area contributed by atoms with Crippen molar-refractivity contribution < 1.29 is 15.3 Å². The number of nitro groups is 1. The first-order valence-corrected chi connectivity index (χ1v) is 2.50. The van der Waals surface area contributed by atoms with Gasteiger partial charge in [-0.2, -0.15) is 5.21 Å². The summed E-state index contributed by atoms with van der Waals surface area (Å²) in [6.07, 6.45) is 0. The van der Waals surface area contributed by atoms with Crippen molar-refractivity contribution in [1.29, 1.82) is 0 Å². The maximum atomic E-state index is 9.64. The minimum absolute atomic E-state index is 0.153. The topological polar surface area (TPSA) is 173 Å². The van der Waals surface area contributed by atoms with Crippen LogP contribution in [0.15, 0.2) is 0 Å². The summed E-state index contributed by atoms with van der Waals surface area (Å²) in [6, 6.07) is 0. The van der Waals surface area contributed by atoms with E-state index in [9.17, 15) is 10.1 Å². The largest absolute Gasteiger partial charge is 0.328 e. The Hall–Kier alpha value is -2.53. The fourth-order valence-electron chi connectivity index (χ4n) is 0.291. The highest BCUT2D eigenvalue weighted by Crippen LogP contribution is 1.86. The minimum atomic E-state index is -1.50. The molecule has 13 heavy (non-hydrogen) atoms. The van der Waals surface area contributed by atoms with Gasteiger partial charge >= 0.3 is 5.95 Å². The second kappa shape index (κ2) is 5.16. The molecule has 0 saturated carbocycles. The average Bonchev–Trinajstić information content (AvgIpc) is 2.36. The zero-order valence-corrected chi connectivity index (χ0v) is 5.82. The predicted octanol–water partition coefficient (Wildman–Crippen LogP) is -1.54. The number of hydrogen-bond donors (Lipinski definition) is 3. The van der Waals surface area contributed by atoms with Gasteiger partial charge in [-0.15, -0.1) is 15.2 Å². The third-order valence-electron chi connectivity index (χ3n) is 0.537. The Morgan fingerprint density at radius 3 is 2.31 bits per heavy atom. The zero-order chi connectivity index (χ0) is 10.3. The number of tetrazole rings is 1. The van der Waals surface area contributed by atoms with E-state index in [1.54, 1.807) is 5.43 Å². The first-order chi connectivity index (χ1) is 6.02. The maximum Gasteiger partial charge on any atom is 0.323 e. The van der Waals surface area contributed by atoms with Gasteiger partial charge in [0.1, 0.15) is 0 Å². The third kappa shape index (κ3) is 7.37. The molecule has 0 fully saturated rings. The molecule has 12 nitrogen and oxygen atoms in total. The SMILES string of the molecule is O=[N+]([O-])Nc1nn[nH]n1.O=[N+]([O-])O. The predicted molar refractivity (Wildman–Crippen MR) is 33.6 cm³/mol. The van der Waals surface area contributed by atoms with E-state index in [-0.39, 0.29) is 5.95 Å². The van der Waals surface area contributed by atoms with Crippen LogP contribution in [0.3, 0.4) is 0 Å². The second-order valence-corrected chi connectivity index (χ2v) is 1.34. The van der Waals surface area contributed by atoms with Crippen molar-refractivity contribution in [1.82, 2.24) is 20.6 Å². The Balaban J connectivity index is 0.000000310. The van der Waals surface area contributed by atoms with Gasteiger partial charge in [0, 0.05) is 0 Å². The van der Waals surface area contributed by atoms with Crippen molar-refractivity contribution in [3.63, 3.8) is 0 Å².